The Morgan fingerprint density at radius 1 is 1.47 bits per heavy atom. The average Bonchev–Trinajstić information content (AvgIpc) is 2.16. The standard InChI is InChI=1S/C11H24N2O2/c1-9(8-11(2,3)15-5)13-7-6-10(14)12-4/h9,13H,6-8H2,1-5H3,(H,12,14). The third-order valence-corrected chi connectivity index (χ3v) is 2.47. The van der Waals surface area contributed by atoms with Crippen molar-refractivity contribution in [2.75, 3.05) is 20.7 Å². The van der Waals surface area contributed by atoms with Gasteiger partial charge in [-0.1, -0.05) is 0 Å². The van der Waals surface area contributed by atoms with Crippen molar-refractivity contribution in [3.05, 3.63) is 0 Å². The molecular weight excluding hydrogens is 192 g/mol. The molecule has 4 nitrogen and oxygen atoms in total. The molecule has 2 N–H and O–H groups in total. The highest BCUT2D eigenvalue weighted by molar-refractivity contribution is 5.75. The molecule has 0 aromatic heterocycles. The van der Waals surface area contributed by atoms with Crippen molar-refractivity contribution in [1.82, 2.24) is 10.6 Å². The quantitative estimate of drug-likeness (QED) is 0.665. The Hall–Kier alpha value is -0.610. The number of carbonyl (C=O) groups is 1. The van der Waals surface area contributed by atoms with Gasteiger partial charge in [-0.25, -0.2) is 0 Å². The van der Waals surface area contributed by atoms with Gasteiger partial charge in [0.05, 0.1) is 5.60 Å². The van der Waals surface area contributed by atoms with Gasteiger partial charge in [-0.15, -0.1) is 0 Å². The number of nitrogens with one attached hydrogen (secondary N) is 2. The second kappa shape index (κ2) is 6.80. The van der Waals surface area contributed by atoms with E-state index in [0.717, 1.165) is 6.42 Å². The van der Waals surface area contributed by atoms with Crippen LogP contribution in [0.5, 0.6) is 0 Å². The van der Waals surface area contributed by atoms with E-state index < -0.39 is 0 Å². The molecule has 0 aliphatic rings. The Morgan fingerprint density at radius 2 is 2.07 bits per heavy atom. The van der Waals surface area contributed by atoms with E-state index in [4.69, 9.17) is 4.74 Å². The maximum Gasteiger partial charge on any atom is 0.221 e. The molecule has 90 valence electrons. The summed E-state index contributed by atoms with van der Waals surface area (Å²) in [5, 5.41) is 5.89. The topological polar surface area (TPSA) is 50.4 Å². The van der Waals surface area contributed by atoms with Crippen molar-refractivity contribution in [1.29, 1.82) is 0 Å². The molecule has 0 rings (SSSR count). The largest absolute Gasteiger partial charge is 0.379 e. The van der Waals surface area contributed by atoms with E-state index >= 15 is 0 Å². The first kappa shape index (κ1) is 14.4. The van der Waals surface area contributed by atoms with Crippen LogP contribution >= 0.6 is 0 Å². The van der Waals surface area contributed by atoms with E-state index in [2.05, 4.69) is 31.4 Å². The zero-order valence-electron chi connectivity index (χ0n) is 10.5. The SMILES string of the molecule is CNC(=O)CCNC(C)CC(C)(C)OC. The van der Waals surface area contributed by atoms with Crippen molar-refractivity contribution in [2.45, 2.75) is 45.3 Å². The highest BCUT2D eigenvalue weighted by Gasteiger charge is 2.19. The lowest BCUT2D eigenvalue weighted by Gasteiger charge is -2.27. The number of amides is 1. The van der Waals surface area contributed by atoms with Crippen molar-refractivity contribution >= 4 is 5.91 Å². The van der Waals surface area contributed by atoms with Gasteiger partial charge in [-0.2, -0.15) is 0 Å². The van der Waals surface area contributed by atoms with Gasteiger partial charge in [0.2, 0.25) is 5.91 Å². The minimum absolute atomic E-state index is 0.0701. The van der Waals surface area contributed by atoms with Gasteiger partial charge in [0.15, 0.2) is 0 Å². The van der Waals surface area contributed by atoms with Crippen LogP contribution in [0.25, 0.3) is 0 Å². The predicted octanol–water partition coefficient (Wildman–Crippen LogP) is 0.916. The Bertz CT molecular complexity index is 193. The molecule has 0 bridgehead atoms. The molecule has 1 unspecified atom stereocenters. The van der Waals surface area contributed by atoms with E-state index in [9.17, 15) is 4.79 Å². The van der Waals surface area contributed by atoms with Crippen molar-refractivity contribution in [3.8, 4) is 0 Å². The lowest BCUT2D eigenvalue weighted by molar-refractivity contribution is -0.120. The summed E-state index contributed by atoms with van der Waals surface area (Å²) in [6.45, 7) is 6.93. The molecule has 0 saturated carbocycles. The van der Waals surface area contributed by atoms with Crippen LogP contribution in [0.1, 0.15) is 33.6 Å². The first-order valence-corrected chi connectivity index (χ1v) is 5.40. The highest BCUT2D eigenvalue weighted by atomic mass is 16.5. The molecule has 0 aliphatic carbocycles. The number of hydrogen-bond donors (Lipinski definition) is 2. The van der Waals surface area contributed by atoms with Crippen molar-refractivity contribution in [2.24, 2.45) is 0 Å². The second-order valence-electron chi connectivity index (χ2n) is 4.45. The molecule has 0 radical (unpaired) electrons. The lowest BCUT2D eigenvalue weighted by atomic mass is 10.00. The fraction of sp³-hybridized carbons (Fsp3) is 0.909. The monoisotopic (exact) mass is 216 g/mol. The minimum atomic E-state index is -0.112. The van der Waals surface area contributed by atoms with E-state index in [1.807, 2.05) is 0 Å². The summed E-state index contributed by atoms with van der Waals surface area (Å²) in [5.74, 6) is 0.0701. The van der Waals surface area contributed by atoms with E-state index in [1.54, 1.807) is 14.2 Å². The first-order valence-electron chi connectivity index (χ1n) is 5.40. The molecule has 0 spiro atoms. The van der Waals surface area contributed by atoms with Crippen LogP contribution in [-0.2, 0) is 9.53 Å². The smallest absolute Gasteiger partial charge is 0.221 e. The van der Waals surface area contributed by atoms with Gasteiger partial charge in [0, 0.05) is 33.2 Å². The Balaban J connectivity index is 3.66. The molecule has 0 aromatic rings. The van der Waals surface area contributed by atoms with Gasteiger partial charge in [0.25, 0.3) is 0 Å². The number of ether oxygens (including phenoxy) is 1. The van der Waals surface area contributed by atoms with Crippen LogP contribution in [0.15, 0.2) is 0 Å². The lowest BCUT2D eigenvalue weighted by Crippen LogP contribution is -2.37. The fourth-order valence-electron chi connectivity index (χ4n) is 1.45. The van der Waals surface area contributed by atoms with Crippen molar-refractivity contribution in [3.63, 3.8) is 0 Å². The maximum atomic E-state index is 11.0. The van der Waals surface area contributed by atoms with Crippen molar-refractivity contribution < 1.29 is 9.53 Å². The number of carbonyl (C=O) groups excluding carboxylic acids is 1. The molecule has 0 heterocycles. The maximum absolute atomic E-state index is 11.0. The molecule has 15 heavy (non-hydrogen) atoms. The summed E-state index contributed by atoms with van der Waals surface area (Å²) in [6, 6.07) is 0.351. The summed E-state index contributed by atoms with van der Waals surface area (Å²) in [5.41, 5.74) is -0.112. The van der Waals surface area contributed by atoms with Gasteiger partial charge >= 0.3 is 0 Å². The normalized spacial score (nSPS) is 13.7. The molecule has 4 heteroatoms. The molecule has 0 aliphatic heterocycles. The summed E-state index contributed by atoms with van der Waals surface area (Å²) in [4.78, 5) is 11.0. The van der Waals surface area contributed by atoms with Gasteiger partial charge in [0.1, 0.15) is 0 Å². The molecule has 1 atom stereocenters. The van der Waals surface area contributed by atoms with Crippen LogP contribution in [0.2, 0.25) is 0 Å². The first-order chi connectivity index (χ1) is 6.91. The Labute approximate surface area is 92.8 Å². The fourth-order valence-corrected chi connectivity index (χ4v) is 1.45. The third-order valence-electron chi connectivity index (χ3n) is 2.47. The van der Waals surface area contributed by atoms with Crippen LogP contribution in [0.4, 0.5) is 0 Å². The minimum Gasteiger partial charge on any atom is -0.379 e. The molecule has 0 saturated heterocycles. The van der Waals surface area contributed by atoms with Crippen LogP contribution < -0.4 is 10.6 Å². The highest BCUT2D eigenvalue weighted by Crippen LogP contribution is 2.15. The van der Waals surface area contributed by atoms with Gasteiger partial charge in [-0.3, -0.25) is 4.79 Å². The molecular formula is C11H24N2O2. The second-order valence-corrected chi connectivity index (χ2v) is 4.45. The summed E-state index contributed by atoms with van der Waals surface area (Å²) >= 11 is 0. The van der Waals surface area contributed by atoms with E-state index in [0.29, 0.717) is 19.0 Å². The van der Waals surface area contributed by atoms with Crippen LogP contribution in [0, 0.1) is 0 Å². The number of methoxy groups -OCH3 is 1. The van der Waals surface area contributed by atoms with E-state index in [-0.39, 0.29) is 11.5 Å². The number of rotatable bonds is 7. The Morgan fingerprint density at radius 3 is 2.53 bits per heavy atom. The van der Waals surface area contributed by atoms with Crippen LogP contribution in [0.3, 0.4) is 0 Å². The molecule has 1 amide bonds. The zero-order chi connectivity index (χ0) is 11.9. The summed E-state index contributed by atoms with van der Waals surface area (Å²) < 4.78 is 5.34. The molecule has 0 aromatic carbocycles. The Kier molecular flexibility index (Phi) is 6.52. The van der Waals surface area contributed by atoms with Gasteiger partial charge < -0.3 is 15.4 Å². The average molecular weight is 216 g/mol. The number of hydrogen-bond acceptors (Lipinski definition) is 3. The summed E-state index contributed by atoms with van der Waals surface area (Å²) in [6.07, 6.45) is 1.45. The van der Waals surface area contributed by atoms with Gasteiger partial charge in [-0.05, 0) is 27.2 Å². The molecule has 0 fully saturated rings. The summed E-state index contributed by atoms with van der Waals surface area (Å²) in [7, 11) is 3.37. The predicted molar refractivity (Wildman–Crippen MR) is 61.9 cm³/mol. The zero-order valence-corrected chi connectivity index (χ0v) is 10.5. The third kappa shape index (κ3) is 7.33. The van der Waals surface area contributed by atoms with Crippen LogP contribution in [-0.4, -0.2) is 38.3 Å². The van der Waals surface area contributed by atoms with E-state index in [1.165, 1.54) is 0 Å².